The van der Waals surface area contributed by atoms with E-state index < -0.39 is 24.8 Å². The first-order valence-corrected chi connectivity index (χ1v) is 19.2. The van der Waals surface area contributed by atoms with Gasteiger partial charge >= 0.3 is 12.2 Å². The fourth-order valence-corrected chi connectivity index (χ4v) is 5.87. The number of rotatable bonds is 19. The van der Waals surface area contributed by atoms with E-state index in [0.29, 0.717) is 23.0 Å². The van der Waals surface area contributed by atoms with Crippen LogP contribution in [0.15, 0.2) is 115 Å². The number of ether oxygens (including phenoxy) is 6. The molecule has 0 saturated heterocycles. The van der Waals surface area contributed by atoms with E-state index in [0.717, 1.165) is 39.3 Å². The standard InChI is InChI=1S/C46H55N5O8/c1-49(2)36-17-9-34(10-18-36)30-47-45(52)58-43(25-32-13-21-39(54-7)22-14-32)56-41-27-38(51(5)6)28-42(29-41)57-44(26-33-15-23-40(55-8)24-16-33)59-46(53)48-31-35-11-19-37(20-12-35)50(3)4/h9-24,27-29,43-44H,25-26,30-31H2,1-8H3,(H,47,52)(H,48,53). The first-order chi connectivity index (χ1) is 28.4. The molecule has 5 rings (SSSR count). The van der Waals surface area contributed by atoms with Gasteiger partial charge in [-0.3, -0.25) is 0 Å². The van der Waals surface area contributed by atoms with Gasteiger partial charge in [-0.2, -0.15) is 0 Å². The lowest BCUT2D eigenvalue weighted by Gasteiger charge is -2.24. The number of nitrogens with one attached hydrogen (secondary N) is 2. The first-order valence-electron chi connectivity index (χ1n) is 19.2. The molecule has 0 spiro atoms. The fraction of sp³-hybridized carbons (Fsp3) is 0.304. The molecule has 0 heterocycles. The number of nitrogens with zero attached hydrogens (tertiary/aromatic N) is 3. The third-order valence-corrected chi connectivity index (χ3v) is 9.30. The Morgan fingerprint density at radius 2 is 0.797 bits per heavy atom. The average molecular weight is 806 g/mol. The van der Waals surface area contributed by atoms with Gasteiger partial charge in [-0.25, -0.2) is 9.59 Å². The maximum Gasteiger partial charge on any atom is 0.410 e. The van der Waals surface area contributed by atoms with Gasteiger partial charge in [-0.15, -0.1) is 0 Å². The Kier molecular flexibility index (Phi) is 15.5. The summed E-state index contributed by atoms with van der Waals surface area (Å²) >= 11 is 0. The number of amides is 2. The second-order valence-corrected chi connectivity index (χ2v) is 14.4. The van der Waals surface area contributed by atoms with Gasteiger partial charge in [0.25, 0.3) is 0 Å². The molecule has 0 aliphatic heterocycles. The minimum absolute atomic E-state index is 0.235. The lowest BCUT2D eigenvalue weighted by molar-refractivity contribution is -0.0349. The van der Waals surface area contributed by atoms with E-state index in [9.17, 15) is 9.59 Å². The molecular weight excluding hydrogens is 751 g/mol. The molecule has 2 N–H and O–H groups in total. The third kappa shape index (κ3) is 13.7. The minimum Gasteiger partial charge on any atom is -0.497 e. The average Bonchev–Trinajstić information content (AvgIpc) is 3.22. The Labute approximate surface area is 347 Å². The number of carbonyl (C=O) groups is 2. The predicted octanol–water partition coefficient (Wildman–Crippen LogP) is 7.65. The molecule has 0 radical (unpaired) electrons. The molecule has 0 bridgehead atoms. The lowest BCUT2D eigenvalue weighted by Crippen LogP contribution is -2.33. The van der Waals surface area contributed by atoms with Crippen LogP contribution in [0.3, 0.4) is 0 Å². The summed E-state index contributed by atoms with van der Waals surface area (Å²) in [6, 6.07) is 36.0. The zero-order chi connectivity index (χ0) is 42.3. The second-order valence-electron chi connectivity index (χ2n) is 14.4. The van der Waals surface area contributed by atoms with E-state index in [1.165, 1.54) is 0 Å². The predicted molar refractivity (Wildman–Crippen MR) is 231 cm³/mol. The summed E-state index contributed by atoms with van der Waals surface area (Å²) in [7, 11) is 14.9. The Hall–Kier alpha value is -6.76. The minimum atomic E-state index is -1.03. The number of carbonyl (C=O) groups excluding carboxylic acids is 2. The molecule has 0 aliphatic carbocycles. The van der Waals surface area contributed by atoms with Gasteiger partial charge in [0.2, 0.25) is 12.6 Å². The molecule has 0 aliphatic rings. The molecule has 13 heteroatoms. The summed E-state index contributed by atoms with van der Waals surface area (Å²) < 4.78 is 35.3. The highest BCUT2D eigenvalue weighted by Crippen LogP contribution is 2.31. The Morgan fingerprint density at radius 1 is 0.458 bits per heavy atom. The summed E-state index contributed by atoms with van der Waals surface area (Å²) in [4.78, 5) is 32.4. The third-order valence-electron chi connectivity index (χ3n) is 9.30. The number of anilines is 3. The van der Waals surface area contributed by atoms with Gasteiger partial charge in [0.15, 0.2) is 0 Å². The number of hydrogen-bond acceptors (Lipinski definition) is 11. The van der Waals surface area contributed by atoms with Crippen molar-refractivity contribution in [3.63, 3.8) is 0 Å². The van der Waals surface area contributed by atoms with Crippen LogP contribution in [0.1, 0.15) is 22.3 Å². The van der Waals surface area contributed by atoms with Crippen molar-refractivity contribution in [2.75, 3.05) is 71.2 Å². The molecule has 312 valence electrons. The molecule has 0 saturated carbocycles. The van der Waals surface area contributed by atoms with E-state index in [1.54, 1.807) is 20.3 Å². The number of hydrogen-bond donors (Lipinski definition) is 2. The van der Waals surface area contributed by atoms with Crippen molar-refractivity contribution in [1.29, 1.82) is 0 Å². The number of methoxy groups -OCH3 is 2. The highest BCUT2D eigenvalue weighted by molar-refractivity contribution is 5.68. The molecule has 0 aromatic heterocycles. The van der Waals surface area contributed by atoms with E-state index in [-0.39, 0.29) is 25.9 Å². The van der Waals surface area contributed by atoms with Crippen molar-refractivity contribution in [2.45, 2.75) is 38.5 Å². The van der Waals surface area contributed by atoms with Crippen molar-refractivity contribution < 1.29 is 38.0 Å². The number of alkyl carbamates (subject to hydrolysis) is 2. The van der Waals surface area contributed by atoms with Crippen LogP contribution in [0, 0.1) is 0 Å². The SMILES string of the molecule is COc1ccc(CC(OC(=O)NCc2ccc(N(C)C)cc2)Oc2cc(OC(Cc3ccc(OC)cc3)OC(=O)NCc3ccc(N(C)C)cc3)cc(N(C)C)c2)cc1. The fourth-order valence-electron chi connectivity index (χ4n) is 5.87. The molecule has 2 amide bonds. The van der Waals surface area contributed by atoms with E-state index >= 15 is 0 Å². The van der Waals surface area contributed by atoms with E-state index in [2.05, 4.69) is 10.6 Å². The molecular formula is C46H55N5O8. The molecule has 2 unspecified atom stereocenters. The van der Waals surface area contributed by atoms with Gasteiger partial charge in [0.05, 0.1) is 14.2 Å². The van der Waals surface area contributed by atoms with E-state index in [4.69, 9.17) is 28.4 Å². The van der Waals surface area contributed by atoms with Crippen LogP contribution in [0.5, 0.6) is 23.0 Å². The Morgan fingerprint density at radius 3 is 1.12 bits per heavy atom. The second kappa shape index (κ2) is 21.1. The monoisotopic (exact) mass is 805 g/mol. The molecule has 2 atom stereocenters. The first kappa shape index (κ1) is 43.4. The van der Waals surface area contributed by atoms with Crippen LogP contribution in [0.2, 0.25) is 0 Å². The van der Waals surface area contributed by atoms with E-state index in [1.807, 2.05) is 166 Å². The maximum atomic E-state index is 13.2. The zero-order valence-electron chi connectivity index (χ0n) is 35.1. The van der Waals surface area contributed by atoms with Crippen LogP contribution in [0.4, 0.5) is 26.7 Å². The van der Waals surface area contributed by atoms with Crippen molar-refractivity contribution in [1.82, 2.24) is 10.6 Å². The van der Waals surface area contributed by atoms with Crippen LogP contribution in [-0.4, -0.2) is 81.3 Å². The Balaban J connectivity index is 1.35. The quantitative estimate of drug-likeness (QED) is 0.0801. The van der Waals surface area contributed by atoms with Crippen molar-refractivity contribution >= 4 is 29.2 Å². The smallest absolute Gasteiger partial charge is 0.410 e. The van der Waals surface area contributed by atoms with Gasteiger partial charge in [0, 0.05) is 103 Å². The molecule has 5 aromatic rings. The van der Waals surface area contributed by atoms with Crippen LogP contribution in [0.25, 0.3) is 0 Å². The normalized spacial score (nSPS) is 11.7. The topological polar surface area (TPSA) is 123 Å². The lowest BCUT2D eigenvalue weighted by atomic mass is 10.1. The summed E-state index contributed by atoms with van der Waals surface area (Å²) in [5.74, 6) is 2.13. The van der Waals surface area contributed by atoms with Crippen molar-refractivity contribution in [3.8, 4) is 23.0 Å². The molecule has 13 nitrogen and oxygen atoms in total. The molecule has 5 aromatic carbocycles. The summed E-state index contributed by atoms with van der Waals surface area (Å²) in [5.41, 5.74) is 6.39. The van der Waals surface area contributed by atoms with Crippen LogP contribution in [-0.2, 0) is 35.4 Å². The van der Waals surface area contributed by atoms with Gasteiger partial charge in [-0.05, 0) is 70.8 Å². The summed E-state index contributed by atoms with van der Waals surface area (Å²) in [5, 5.41) is 5.68. The summed E-state index contributed by atoms with van der Waals surface area (Å²) in [6.07, 6.45) is -2.89. The van der Waals surface area contributed by atoms with Crippen LogP contribution < -0.4 is 44.3 Å². The number of benzene rings is 5. The van der Waals surface area contributed by atoms with Crippen LogP contribution >= 0.6 is 0 Å². The molecule has 0 fully saturated rings. The van der Waals surface area contributed by atoms with Gasteiger partial charge in [-0.1, -0.05) is 48.5 Å². The maximum absolute atomic E-state index is 13.2. The zero-order valence-corrected chi connectivity index (χ0v) is 35.1. The highest BCUT2D eigenvalue weighted by Gasteiger charge is 2.22. The van der Waals surface area contributed by atoms with Gasteiger partial charge < -0.3 is 53.8 Å². The summed E-state index contributed by atoms with van der Waals surface area (Å²) in [6.45, 7) is 0.531. The largest absolute Gasteiger partial charge is 0.497 e. The van der Waals surface area contributed by atoms with Gasteiger partial charge in [0.1, 0.15) is 23.0 Å². The highest BCUT2D eigenvalue weighted by atomic mass is 16.7. The van der Waals surface area contributed by atoms with Crippen molar-refractivity contribution in [2.24, 2.45) is 0 Å². The molecule has 59 heavy (non-hydrogen) atoms. The Bertz CT molecular complexity index is 1930. The van der Waals surface area contributed by atoms with Crippen molar-refractivity contribution in [3.05, 3.63) is 138 Å².